The minimum atomic E-state index is -4.45. The average molecular weight is 352 g/mol. The number of rotatable bonds is 3. The van der Waals surface area contributed by atoms with Crippen LogP contribution >= 0.6 is 23.2 Å². The molecular formula is C15H14Cl2F3NO. The van der Waals surface area contributed by atoms with Gasteiger partial charge in [0.25, 0.3) is 0 Å². The van der Waals surface area contributed by atoms with E-state index in [9.17, 15) is 18.0 Å². The highest BCUT2D eigenvalue weighted by Gasteiger charge is 2.60. The first-order valence-electron chi connectivity index (χ1n) is 6.54. The highest BCUT2D eigenvalue weighted by molar-refractivity contribution is 6.55. The fourth-order valence-electron chi connectivity index (χ4n) is 2.62. The summed E-state index contributed by atoms with van der Waals surface area (Å²) in [5, 5.41) is 2.52. The number of allylic oxidation sites excluding steroid dienone is 1. The molecule has 2 atom stereocenters. The number of hydrogen-bond acceptors (Lipinski definition) is 1. The number of anilines is 1. The first kappa shape index (κ1) is 17.2. The quantitative estimate of drug-likeness (QED) is 0.792. The average Bonchev–Trinajstić information content (AvgIpc) is 2.89. The molecule has 1 N–H and O–H groups in total. The van der Waals surface area contributed by atoms with Crippen LogP contribution in [0.4, 0.5) is 18.9 Å². The predicted molar refractivity (Wildman–Crippen MR) is 80.6 cm³/mol. The molecule has 0 heterocycles. The van der Waals surface area contributed by atoms with Crippen molar-refractivity contribution in [3.05, 3.63) is 40.4 Å². The molecule has 1 aliphatic carbocycles. The Hall–Kier alpha value is -1.20. The van der Waals surface area contributed by atoms with Crippen LogP contribution in [0, 0.1) is 17.3 Å². The molecule has 22 heavy (non-hydrogen) atoms. The summed E-state index contributed by atoms with van der Waals surface area (Å²) in [7, 11) is 0. The van der Waals surface area contributed by atoms with Gasteiger partial charge in [0.05, 0.1) is 11.5 Å². The number of alkyl halides is 3. The van der Waals surface area contributed by atoms with E-state index in [2.05, 4.69) is 5.32 Å². The molecule has 0 spiro atoms. The summed E-state index contributed by atoms with van der Waals surface area (Å²) in [5.74, 6) is -0.863. The molecule has 0 radical (unpaired) electrons. The van der Waals surface area contributed by atoms with Gasteiger partial charge in [0.1, 0.15) is 4.49 Å². The van der Waals surface area contributed by atoms with Gasteiger partial charge in [-0.1, -0.05) is 43.1 Å². The fraction of sp³-hybridized carbons (Fsp3) is 0.400. The lowest BCUT2D eigenvalue weighted by Crippen LogP contribution is -2.17. The van der Waals surface area contributed by atoms with Crippen molar-refractivity contribution >= 4 is 34.8 Å². The fourth-order valence-corrected chi connectivity index (χ4v) is 2.89. The molecule has 1 aromatic carbocycles. The van der Waals surface area contributed by atoms with Gasteiger partial charge in [0, 0.05) is 5.69 Å². The minimum absolute atomic E-state index is 0.0763. The summed E-state index contributed by atoms with van der Waals surface area (Å²) < 4.78 is 38.0. The van der Waals surface area contributed by atoms with E-state index >= 15 is 0 Å². The Morgan fingerprint density at radius 3 is 2.50 bits per heavy atom. The highest BCUT2D eigenvalue weighted by atomic mass is 35.5. The Kier molecular flexibility index (Phi) is 4.51. The number of carbonyl (C=O) groups is 1. The third-order valence-corrected chi connectivity index (χ3v) is 4.21. The zero-order chi connectivity index (χ0) is 16.7. The maximum absolute atomic E-state index is 12.7. The van der Waals surface area contributed by atoms with Crippen molar-refractivity contribution in [3.8, 4) is 0 Å². The summed E-state index contributed by atoms with van der Waals surface area (Å²) in [4.78, 5) is 12.2. The van der Waals surface area contributed by atoms with Crippen LogP contribution < -0.4 is 5.32 Å². The molecule has 2 nitrogen and oxygen atoms in total. The largest absolute Gasteiger partial charge is 0.416 e. The zero-order valence-corrected chi connectivity index (χ0v) is 13.4. The minimum Gasteiger partial charge on any atom is -0.326 e. The van der Waals surface area contributed by atoms with Gasteiger partial charge in [-0.15, -0.1) is 0 Å². The topological polar surface area (TPSA) is 29.1 Å². The van der Waals surface area contributed by atoms with Crippen molar-refractivity contribution in [1.82, 2.24) is 0 Å². The molecule has 0 bridgehead atoms. The molecule has 120 valence electrons. The van der Waals surface area contributed by atoms with E-state index in [1.807, 2.05) is 13.8 Å². The second-order valence-electron chi connectivity index (χ2n) is 5.85. The van der Waals surface area contributed by atoms with Crippen LogP contribution in [0.5, 0.6) is 0 Å². The monoisotopic (exact) mass is 351 g/mol. The maximum Gasteiger partial charge on any atom is 0.416 e. The van der Waals surface area contributed by atoms with Crippen LogP contribution in [0.1, 0.15) is 19.4 Å². The van der Waals surface area contributed by atoms with Crippen molar-refractivity contribution < 1.29 is 18.0 Å². The van der Waals surface area contributed by atoms with E-state index < -0.39 is 11.7 Å². The van der Waals surface area contributed by atoms with Gasteiger partial charge in [0.15, 0.2) is 0 Å². The Labute approximate surface area is 136 Å². The summed E-state index contributed by atoms with van der Waals surface area (Å²) in [6.45, 7) is 3.75. The summed E-state index contributed by atoms with van der Waals surface area (Å²) in [5.41, 5.74) is -1.02. The third kappa shape index (κ3) is 3.58. The molecule has 7 heteroatoms. The van der Waals surface area contributed by atoms with E-state index in [4.69, 9.17) is 23.2 Å². The summed E-state index contributed by atoms with van der Waals surface area (Å²) >= 11 is 11.2. The number of amides is 1. The van der Waals surface area contributed by atoms with E-state index in [1.165, 1.54) is 12.1 Å². The number of halogens is 5. The molecule has 1 aromatic rings. The number of nitrogens with one attached hydrogen (secondary N) is 1. The zero-order valence-electron chi connectivity index (χ0n) is 11.8. The molecule has 0 aromatic heterocycles. The van der Waals surface area contributed by atoms with Gasteiger partial charge < -0.3 is 5.32 Å². The van der Waals surface area contributed by atoms with Crippen LogP contribution in [-0.2, 0) is 11.0 Å². The van der Waals surface area contributed by atoms with Crippen molar-refractivity contribution in [2.45, 2.75) is 20.0 Å². The molecule has 0 aliphatic heterocycles. The second kappa shape index (κ2) is 5.78. The van der Waals surface area contributed by atoms with Gasteiger partial charge in [0.2, 0.25) is 5.91 Å². The van der Waals surface area contributed by atoms with E-state index in [0.717, 1.165) is 12.1 Å². The lowest BCUT2D eigenvalue weighted by molar-refractivity contribution is -0.137. The number of carbonyl (C=O) groups excluding carboxylic acids is 1. The van der Waals surface area contributed by atoms with Crippen LogP contribution in [0.3, 0.4) is 0 Å². The van der Waals surface area contributed by atoms with Gasteiger partial charge in [-0.25, -0.2) is 0 Å². The molecule has 0 unspecified atom stereocenters. The Bertz CT molecular complexity index is 621. The standard InChI is InChI=1S/C15H14Cl2F3NO/c1-14(2)10(7-11(16)17)12(14)13(22)21-9-5-3-4-8(6-9)15(18,19)20/h3-7,10,12H,1-2H3,(H,21,22)/t10-,12-/m0/s1. The van der Waals surface area contributed by atoms with Crippen LogP contribution in [0.25, 0.3) is 0 Å². The number of benzene rings is 1. The van der Waals surface area contributed by atoms with E-state index in [1.54, 1.807) is 6.08 Å². The summed E-state index contributed by atoms with van der Waals surface area (Å²) in [6.07, 6.45) is -2.86. The number of hydrogen-bond donors (Lipinski definition) is 1. The van der Waals surface area contributed by atoms with Crippen molar-refractivity contribution in [2.75, 3.05) is 5.32 Å². The Morgan fingerprint density at radius 1 is 1.32 bits per heavy atom. The molecule has 1 fully saturated rings. The Balaban J connectivity index is 2.12. The van der Waals surface area contributed by atoms with Crippen molar-refractivity contribution in [3.63, 3.8) is 0 Å². The lowest BCUT2D eigenvalue weighted by Gasteiger charge is -2.10. The molecular weight excluding hydrogens is 338 g/mol. The van der Waals surface area contributed by atoms with Gasteiger partial charge >= 0.3 is 6.18 Å². The van der Waals surface area contributed by atoms with Crippen LogP contribution in [0.2, 0.25) is 0 Å². The van der Waals surface area contributed by atoms with Gasteiger partial charge in [-0.05, 0) is 35.6 Å². The van der Waals surface area contributed by atoms with Crippen LogP contribution in [0.15, 0.2) is 34.8 Å². The molecule has 0 saturated heterocycles. The normalized spacial score (nSPS) is 22.9. The van der Waals surface area contributed by atoms with Crippen LogP contribution in [-0.4, -0.2) is 5.91 Å². The van der Waals surface area contributed by atoms with Gasteiger partial charge in [-0.2, -0.15) is 13.2 Å². The maximum atomic E-state index is 12.7. The lowest BCUT2D eigenvalue weighted by atomic mass is 10.1. The molecule has 1 amide bonds. The SMILES string of the molecule is CC1(C)[C@H](C(=O)Nc2cccc(C(F)(F)F)c2)[C@@H]1C=C(Cl)Cl. The second-order valence-corrected chi connectivity index (χ2v) is 6.86. The van der Waals surface area contributed by atoms with E-state index in [0.29, 0.717) is 0 Å². The van der Waals surface area contributed by atoms with Crippen molar-refractivity contribution in [1.29, 1.82) is 0 Å². The van der Waals surface area contributed by atoms with Crippen molar-refractivity contribution in [2.24, 2.45) is 17.3 Å². The predicted octanol–water partition coefficient (Wildman–Crippen LogP) is 5.24. The molecule has 1 aliphatic rings. The first-order valence-corrected chi connectivity index (χ1v) is 7.30. The highest BCUT2D eigenvalue weighted by Crippen LogP contribution is 2.60. The molecule has 2 rings (SSSR count). The Morgan fingerprint density at radius 2 is 1.95 bits per heavy atom. The third-order valence-electron chi connectivity index (χ3n) is 3.96. The van der Waals surface area contributed by atoms with Gasteiger partial charge in [-0.3, -0.25) is 4.79 Å². The molecule has 1 saturated carbocycles. The first-order chi connectivity index (χ1) is 10.0. The smallest absolute Gasteiger partial charge is 0.326 e. The van der Waals surface area contributed by atoms with E-state index in [-0.39, 0.29) is 33.3 Å². The summed E-state index contributed by atoms with van der Waals surface area (Å²) in [6, 6.07) is 4.54.